The Morgan fingerprint density at radius 2 is 1.91 bits per heavy atom. The first-order valence-corrected chi connectivity index (χ1v) is 12.3. The summed E-state index contributed by atoms with van der Waals surface area (Å²) in [4.78, 5) is 12.8. The summed E-state index contributed by atoms with van der Waals surface area (Å²) in [6, 6.07) is 21.7. The van der Waals surface area contributed by atoms with Gasteiger partial charge in [-0.1, -0.05) is 72.4 Å². The molecule has 1 aliphatic rings. The summed E-state index contributed by atoms with van der Waals surface area (Å²) in [5.74, 6) is 1.31. The van der Waals surface area contributed by atoms with Gasteiger partial charge in [-0.05, 0) is 24.5 Å². The highest BCUT2D eigenvalue weighted by molar-refractivity contribution is 7.99. The number of nitrogens with one attached hydrogen (secondary N) is 2. The predicted molar refractivity (Wildman–Crippen MR) is 130 cm³/mol. The van der Waals surface area contributed by atoms with E-state index in [9.17, 15) is 4.79 Å². The minimum Gasteiger partial charge on any atom is -0.377 e. The molecule has 1 amide bonds. The molecule has 0 unspecified atom stereocenters. The molecule has 0 spiro atoms. The van der Waals surface area contributed by atoms with Crippen LogP contribution in [0.2, 0.25) is 0 Å². The van der Waals surface area contributed by atoms with Crippen LogP contribution in [0.25, 0.3) is 11.3 Å². The molecule has 1 saturated heterocycles. The van der Waals surface area contributed by atoms with Crippen LogP contribution in [-0.4, -0.2) is 49.3 Å². The molecule has 0 saturated carbocycles. The van der Waals surface area contributed by atoms with Gasteiger partial charge in [0, 0.05) is 17.9 Å². The van der Waals surface area contributed by atoms with Crippen LogP contribution in [0.1, 0.15) is 34.7 Å². The Balaban J connectivity index is 1.28. The lowest BCUT2D eigenvalue weighted by Crippen LogP contribution is -2.25. The number of aromatic nitrogens is 5. The molecule has 1 aliphatic heterocycles. The van der Waals surface area contributed by atoms with Gasteiger partial charge in [0.1, 0.15) is 5.69 Å². The van der Waals surface area contributed by atoms with E-state index in [-0.39, 0.29) is 18.6 Å². The highest BCUT2D eigenvalue weighted by Gasteiger charge is 2.20. The minimum atomic E-state index is -0.238. The molecule has 2 aromatic carbocycles. The van der Waals surface area contributed by atoms with Crippen LogP contribution in [0.5, 0.6) is 0 Å². The van der Waals surface area contributed by atoms with Crippen LogP contribution in [-0.2, 0) is 17.8 Å². The van der Waals surface area contributed by atoms with Crippen molar-refractivity contribution in [3.05, 3.63) is 83.8 Å². The zero-order valence-corrected chi connectivity index (χ0v) is 19.5. The number of nitrogens with zero attached hydrogens (tertiary/aromatic N) is 4. The number of amides is 1. The molecule has 0 radical (unpaired) electrons. The number of carbonyl (C=O) groups is 1. The van der Waals surface area contributed by atoms with Crippen molar-refractivity contribution in [3.8, 4) is 11.3 Å². The normalized spacial score (nSPS) is 15.5. The van der Waals surface area contributed by atoms with Crippen LogP contribution >= 0.6 is 11.8 Å². The molecule has 8 nitrogen and oxygen atoms in total. The average molecular weight is 475 g/mol. The van der Waals surface area contributed by atoms with Crippen molar-refractivity contribution < 1.29 is 9.53 Å². The van der Waals surface area contributed by atoms with Crippen molar-refractivity contribution in [2.24, 2.45) is 0 Å². The van der Waals surface area contributed by atoms with E-state index in [0.717, 1.165) is 47.2 Å². The predicted octanol–water partition coefficient (Wildman–Crippen LogP) is 3.92. The molecular weight excluding hydrogens is 448 g/mol. The summed E-state index contributed by atoms with van der Waals surface area (Å²) in [6.07, 6.45) is 2.45. The molecule has 0 bridgehead atoms. The Morgan fingerprint density at radius 1 is 1.12 bits per heavy atom. The number of H-pyrrole nitrogens is 1. The SMILES string of the molecule is O=C(NCc1nnc(SC[C@@H]2CCCO2)n1Cc1ccccc1)c1cc(-c2ccccc2)n[nH]1. The largest absolute Gasteiger partial charge is 0.377 e. The zero-order valence-electron chi connectivity index (χ0n) is 18.7. The quantitative estimate of drug-likeness (QED) is 0.357. The molecule has 3 heterocycles. The van der Waals surface area contributed by atoms with Crippen molar-refractivity contribution in [3.63, 3.8) is 0 Å². The maximum absolute atomic E-state index is 12.8. The highest BCUT2D eigenvalue weighted by atomic mass is 32.2. The third-order valence-corrected chi connectivity index (χ3v) is 6.80. The number of benzene rings is 2. The highest BCUT2D eigenvalue weighted by Crippen LogP contribution is 2.24. The molecule has 1 atom stereocenters. The number of ether oxygens (including phenoxy) is 1. The monoisotopic (exact) mass is 474 g/mol. The van der Waals surface area contributed by atoms with Gasteiger partial charge >= 0.3 is 0 Å². The summed E-state index contributed by atoms with van der Waals surface area (Å²) in [6.45, 7) is 1.73. The molecule has 4 aromatic rings. The lowest BCUT2D eigenvalue weighted by atomic mass is 10.1. The van der Waals surface area contributed by atoms with Gasteiger partial charge in [-0.3, -0.25) is 9.89 Å². The first-order chi connectivity index (χ1) is 16.8. The van der Waals surface area contributed by atoms with E-state index < -0.39 is 0 Å². The number of thioether (sulfide) groups is 1. The topological polar surface area (TPSA) is 97.7 Å². The first kappa shape index (κ1) is 22.4. The fourth-order valence-electron chi connectivity index (χ4n) is 3.87. The zero-order chi connectivity index (χ0) is 23.2. The standard InChI is InChI=1S/C25H26N6O2S/c32-24(22-14-21(27-28-22)19-10-5-2-6-11-19)26-15-23-29-30-25(34-17-20-12-7-13-33-20)31(23)16-18-8-3-1-4-9-18/h1-6,8-11,14,20H,7,12-13,15-17H2,(H,26,32)(H,27,28)/t20-/m0/s1. The van der Waals surface area contributed by atoms with E-state index >= 15 is 0 Å². The first-order valence-electron chi connectivity index (χ1n) is 11.4. The summed E-state index contributed by atoms with van der Waals surface area (Å²) < 4.78 is 7.82. The minimum absolute atomic E-state index is 0.238. The van der Waals surface area contributed by atoms with E-state index in [0.29, 0.717) is 18.1 Å². The van der Waals surface area contributed by atoms with Crippen molar-refractivity contribution in [1.82, 2.24) is 30.3 Å². The second-order valence-corrected chi connectivity index (χ2v) is 9.12. The van der Waals surface area contributed by atoms with E-state index in [1.54, 1.807) is 17.8 Å². The number of rotatable bonds is 9. The summed E-state index contributed by atoms with van der Waals surface area (Å²) >= 11 is 1.65. The summed E-state index contributed by atoms with van der Waals surface area (Å²) in [7, 11) is 0. The van der Waals surface area contributed by atoms with Crippen molar-refractivity contribution >= 4 is 17.7 Å². The maximum Gasteiger partial charge on any atom is 0.269 e. The van der Waals surface area contributed by atoms with Gasteiger partial charge < -0.3 is 14.6 Å². The van der Waals surface area contributed by atoms with Crippen LogP contribution in [0.15, 0.2) is 71.9 Å². The average Bonchev–Trinajstić information content (AvgIpc) is 3.64. The number of carbonyl (C=O) groups excluding carboxylic acids is 1. The molecule has 174 valence electrons. The van der Waals surface area contributed by atoms with Crippen molar-refractivity contribution in [2.75, 3.05) is 12.4 Å². The fraction of sp³-hybridized carbons (Fsp3) is 0.280. The van der Waals surface area contributed by atoms with Gasteiger partial charge in [0.2, 0.25) is 0 Å². The van der Waals surface area contributed by atoms with Crippen LogP contribution in [0.4, 0.5) is 0 Å². The van der Waals surface area contributed by atoms with Gasteiger partial charge in [-0.2, -0.15) is 5.10 Å². The molecule has 9 heteroatoms. The molecule has 1 fully saturated rings. The van der Waals surface area contributed by atoms with Gasteiger partial charge in [0.15, 0.2) is 11.0 Å². The second-order valence-electron chi connectivity index (χ2n) is 8.13. The number of aromatic amines is 1. The molecule has 34 heavy (non-hydrogen) atoms. The van der Waals surface area contributed by atoms with Crippen molar-refractivity contribution in [2.45, 2.75) is 37.2 Å². The van der Waals surface area contributed by atoms with E-state index in [4.69, 9.17) is 4.74 Å². The lowest BCUT2D eigenvalue weighted by molar-refractivity contribution is 0.0944. The van der Waals surface area contributed by atoms with Gasteiger partial charge in [-0.25, -0.2) is 0 Å². The van der Waals surface area contributed by atoms with Crippen molar-refractivity contribution in [1.29, 1.82) is 0 Å². The Bertz CT molecular complexity index is 1220. The Kier molecular flexibility index (Phi) is 7.02. The van der Waals surface area contributed by atoms with E-state index in [2.05, 4.69) is 42.4 Å². The third-order valence-electron chi connectivity index (χ3n) is 5.70. The third kappa shape index (κ3) is 5.37. The van der Waals surface area contributed by atoms with E-state index in [1.807, 2.05) is 48.5 Å². The second kappa shape index (κ2) is 10.7. The molecular formula is C25H26N6O2S. The van der Waals surface area contributed by atoms with Gasteiger partial charge in [0.25, 0.3) is 5.91 Å². The summed E-state index contributed by atoms with van der Waals surface area (Å²) in [5, 5.41) is 19.7. The van der Waals surface area contributed by atoms with Gasteiger partial charge in [0.05, 0.1) is 24.9 Å². The number of hydrogen-bond acceptors (Lipinski definition) is 6. The lowest BCUT2D eigenvalue weighted by Gasteiger charge is -2.12. The van der Waals surface area contributed by atoms with Crippen LogP contribution in [0.3, 0.4) is 0 Å². The van der Waals surface area contributed by atoms with E-state index in [1.165, 1.54) is 0 Å². The smallest absolute Gasteiger partial charge is 0.269 e. The van der Waals surface area contributed by atoms with Crippen LogP contribution in [0, 0.1) is 0 Å². The Morgan fingerprint density at radius 3 is 2.68 bits per heavy atom. The fourth-order valence-corrected chi connectivity index (χ4v) is 4.90. The van der Waals surface area contributed by atoms with Gasteiger partial charge in [-0.15, -0.1) is 10.2 Å². The van der Waals surface area contributed by atoms with Crippen LogP contribution < -0.4 is 5.32 Å². The molecule has 0 aliphatic carbocycles. The summed E-state index contributed by atoms with van der Waals surface area (Å²) in [5.41, 5.74) is 3.23. The molecule has 2 N–H and O–H groups in total. The number of hydrogen-bond donors (Lipinski definition) is 2. The molecule has 2 aromatic heterocycles. The Hall–Kier alpha value is -3.43. The molecule has 5 rings (SSSR count). The Labute approximate surface area is 202 Å². The maximum atomic E-state index is 12.8.